The molecule has 0 aliphatic rings. The number of anilines is 1. The minimum atomic E-state index is -0.170. The number of amides is 3. The number of carbonyl (C=O) groups is 2. The van der Waals surface area contributed by atoms with E-state index in [0.29, 0.717) is 23.6 Å². The Balaban J connectivity index is 1.72. The molecule has 4 N–H and O–H groups in total. The Morgan fingerprint density at radius 2 is 1.26 bits per heavy atom. The molecule has 216 valence electrons. The second kappa shape index (κ2) is 19.8. The highest BCUT2D eigenvalue weighted by atomic mass is 16.5. The van der Waals surface area contributed by atoms with Crippen LogP contribution in [0.2, 0.25) is 0 Å². The quantitative estimate of drug-likeness (QED) is 0.127. The second-order valence-electron chi connectivity index (χ2n) is 10.3. The van der Waals surface area contributed by atoms with E-state index in [2.05, 4.69) is 22.9 Å². The third-order valence-corrected chi connectivity index (χ3v) is 6.91. The number of hydrogen-bond acceptors (Lipinski definition) is 4. The molecule has 2 rings (SSSR count). The number of phenolic OH excluding ortho intramolecular Hbond substituents is 1. The van der Waals surface area contributed by atoms with Gasteiger partial charge in [-0.15, -0.1) is 0 Å². The lowest BCUT2D eigenvalue weighted by Crippen LogP contribution is -2.38. The SMILES string of the molecule is CCCCCCCC(CCCCCCCCCC(=O)NC)NC(=O)Nc1ccc(Oc2ccc(O)cc2)cc1. The van der Waals surface area contributed by atoms with Crippen LogP contribution in [0.25, 0.3) is 0 Å². The molecule has 2 aromatic carbocycles. The van der Waals surface area contributed by atoms with Gasteiger partial charge in [-0.05, 0) is 67.8 Å². The largest absolute Gasteiger partial charge is 0.508 e. The van der Waals surface area contributed by atoms with Gasteiger partial charge in [0.25, 0.3) is 0 Å². The first-order valence-electron chi connectivity index (χ1n) is 14.8. The van der Waals surface area contributed by atoms with E-state index in [-0.39, 0.29) is 23.7 Å². The number of nitrogens with one attached hydrogen (secondary N) is 3. The predicted molar refractivity (Wildman–Crippen MR) is 160 cm³/mol. The molecule has 1 atom stereocenters. The number of ether oxygens (including phenoxy) is 1. The number of benzene rings is 2. The van der Waals surface area contributed by atoms with Gasteiger partial charge >= 0.3 is 6.03 Å². The summed E-state index contributed by atoms with van der Waals surface area (Å²) in [7, 11) is 1.69. The van der Waals surface area contributed by atoms with Crippen molar-refractivity contribution in [1.82, 2.24) is 10.6 Å². The first kappa shape index (κ1) is 32.0. The molecule has 0 aliphatic heterocycles. The molecule has 0 saturated heterocycles. The summed E-state index contributed by atoms with van der Waals surface area (Å²) < 4.78 is 5.78. The predicted octanol–water partition coefficient (Wildman–Crippen LogP) is 8.29. The molecule has 0 radical (unpaired) electrons. The highest BCUT2D eigenvalue weighted by Crippen LogP contribution is 2.24. The number of urea groups is 1. The van der Waals surface area contributed by atoms with E-state index in [1.54, 1.807) is 31.3 Å². The van der Waals surface area contributed by atoms with Gasteiger partial charge in [0.15, 0.2) is 0 Å². The maximum atomic E-state index is 12.8. The fourth-order valence-electron chi connectivity index (χ4n) is 4.58. The van der Waals surface area contributed by atoms with E-state index < -0.39 is 0 Å². The van der Waals surface area contributed by atoms with Gasteiger partial charge in [0.2, 0.25) is 5.91 Å². The molecule has 7 heteroatoms. The van der Waals surface area contributed by atoms with Crippen molar-refractivity contribution in [3.05, 3.63) is 48.5 Å². The fourth-order valence-corrected chi connectivity index (χ4v) is 4.58. The monoisotopic (exact) mass is 539 g/mol. The summed E-state index contributed by atoms with van der Waals surface area (Å²) in [6, 6.07) is 13.8. The molecular weight excluding hydrogens is 490 g/mol. The lowest BCUT2D eigenvalue weighted by Gasteiger charge is -2.19. The molecule has 39 heavy (non-hydrogen) atoms. The third kappa shape index (κ3) is 15.1. The molecule has 0 heterocycles. The molecule has 1 unspecified atom stereocenters. The number of carbonyl (C=O) groups excluding carboxylic acids is 2. The Labute approximate surface area is 235 Å². The number of phenols is 1. The van der Waals surface area contributed by atoms with Gasteiger partial charge in [-0.3, -0.25) is 4.79 Å². The highest BCUT2D eigenvalue weighted by Gasteiger charge is 2.12. The maximum absolute atomic E-state index is 12.8. The molecular formula is C32H49N3O4. The number of rotatable bonds is 20. The van der Waals surface area contributed by atoms with E-state index >= 15 is 0 Å². The van der Waals surface area contributed by atoms with Crippen molar-refractivity contribution in [2.45, 2.75) is 109 Å². The lowest BCUT2D eigenvalue weighted by atomic mass is 10.00. The van der Waals surface area contributed by atoms with Crippen LogP contribution in [-0.2, 0) is 4.79 Å². The van der Waals surface area contributed by atoms with Crippen LogP contribution in [0.15, 0.2) is 48.5 Å². The Bertz CT molecular complexity index is 931. The molecule has 0 aliphatic carbocycles. The van der Waals surface area contributed by atoms with E-state index in [4.69, 9.17) is 4.74 Å². The van der Waals surface area contributed by atoms with Gasteiger partial charge < -0.3 is 25.8 Å². The molecule has 0 bridgehead atoms. The van der Waals surface area contributed by atoms with Crippen LogP contribution in [0.5, 0.6) is 17.2 Å². The van der Waals surface area contributed by atoms with Crippen LogP contribution in [0.3, 0.4) is 0 Å². The standard InChI is InChI=1S/C32H49N3O4/c1-3-4-5-9-12-15-26(16-13-10-7-6-8-11-14-17-31(37)33-2)34-32(38)35-27-18-22-29(23-19-27)39-30-24-20-28(36)21-25-30/h18-26,36H,3-17H2,1-2H3,(H,33,37)(H2,34,35,38). The summed E-state index contributed by atoms with van der Waals surface area (Å²) in [6.45, 7) is 2.22. The summed E-state index contributed by atoms with van der Waals surface area (Å²) >= 11 is 0. The number of unbranched alkanes of at least 4 members (excludes halogenated alkanes) is 10. The average Bonchev–Trinajstić information content (AvgIpc) is 2.93. The van der Waals surface area contributed by atoms with Crippen LogP contribution in [0.1, 0.15) is 103 Å². The van der Waals surface area contributed by atoms with Gasteiger partial charge in [-0.2, -0.15) is 0 Å². The molecule has 0 aromatic heterocycles. The molecule has 2 aromatic rings. The Hall–Kier alpha value is -3.22. The molecule has 0 saturated carbocycles. The van der Waals surface area contributed by atoms with Crippen molar-refractivity contribution in [2.75, 3.05) is 12.4 Å². The summed E-state index contributed by atoms with van der Waals surface area (Å²) in [6.07, 6.45) is 16.7. The zero-order valence-corrected chi connectivity index (χ0v) is 24.0. The summed E-state index contributed by atoms with van der Waals surface area (Å²) in [4.78, 5) is 24.0. The minimum Gasteiger partial charge on any atom is -0.508 e. The first-order valence-corrected chi connectivity index (χ1v) is 14.8. The van der Waals surface area contributed by atoms with E-state index in [9.17, 15) is 14.7 Å². The summed E-state index contributed by atoms with van der Waals surface area (Å²) in [5.41, 5.74) is 0.712. The van der Waals surface area contributed by atoms with Crippen LogP contribution < -0.4 is 20.7 Å². The van der Waals surface area contributed by atoms with Gasteiger partial charge in [0.1, 0.15) is 17.2 Å². The average molecular weight is 540 g/mol. The Morgan fingerprint density at radius 1 is 0.744 bits per heavy atom. The molecule has 3 amide bonds. The van der Waals surface area contributed by atoms with E-state index in [1.165, 1.54) is 51.4 Å². The van der Waals surface area contributed by atoms with Crippen LogP contribution >= 0.6 is 0 Å². The topological polar surface area (TPSA) is 99.7 Å². The third-order valence-electron chi connectivity index (χ3n) is 6.91. The van der Waals surface area contributed by atoms with Gasteiger partial charge in [0.05, 0.1) is 0 Å². The van der Waals surface area contributed by atoms with E-state index in [1.807, 2.05) is 24.3 Å². The molecule has 0 spiro atoms. The fraction of sp³-hybridized carbons (Fsp3) is 0.562. The maximum Gasteiger partial charge on any atom is 0.319 e. The van der Waals surface area contributed by atoms with Gasteiger partial charge in [-0.25, -0.2) is 4.79 Å². The summed E-state index contributed by atoms with van der Waals surface area (Å²) in [5.74, 6) is 1.61. The zero-order chi connectivity index (χ0) is 28.1. The minimum absolute atomic E-state index is 0.129. The van der Waals surface area contributed by atoms with E-state index in [0.717, 1.165) is 38.5 Å². The van der Waals surface area contributed by atoms with Crippen LogP contribution in [0, 0.1) is 0 Å². The van der Waals surface area contributed by atoms with Gasteiger partial charge in [0, 0.05) is 25.2 Å². The van der Waals surface area contributed by atoms with Crippen molar-refractivity contribution in [3.63, 3.8) is 0 Å². The smallest absolute Gasteiger partial charge is 0.319 e. The second-order valence-corrected chi connectivity index (χ2v) is 10.3. The Morgan fingerprint density at radius 3 is 1.82 bits per heavy atom. The van der Waals surface area contributed by atoms with Crippen molar-refractivity contribution >= 4 is 17.6 Å². The van der Waals surface area contributed by atoms with Crippen molar-refractivity contribution < 1.29 is 19.4 Å². The highest BCUT2D eigenvalue weighted by molar-refractivity contribution is 5.89. The van der Waals surface area contributed by atoms with Gasteiger partial charge in [-0.1, -0.05) is 77.6 Å². The molecule has 0 fully saturated rings. The normalized spacial score (nSPS) is 11.5. The van der Waals surface area contributed by atoms with Crippen molar-refractivity contribution in [2.24, 2.45) is 0 Å². The molecule has 7 nitrogen and oxygen atoms in total. The van der Waals surface area contributed by atoms with Crippen LogP contribution in [-0.4, -0.2) is 30.1 Å². The van der Waals surface area contributed by atoms with Crippen LogP contribution in [0.4, 0.5) is 10.5 Å². The first-order chi connectivity index (χ1) is 19.0. The number of hydrogen-bond donors (Lipinski definition) is 4. The zero-order valence-electron chi connectivity index (χ0n) is 24.0. The summed E-state index contributed by atoms with van der Waals surface area (Å²) in [5, 5.41) is 18.2. The van der Waals surface area contributed by atoms with Crippen molar-refractivity contribution in [3.8, 4) is 17.2 Å². The Kier molecular flexibility index (Phi) is 16.2. The van der Waals surface area contributed by atoms with Crippen molar-refractivity contribution in [1.29, 1.82) is 0 Å². The number of aromatic hydroxyl groups is 1. The lowest BCUT2D eigenvalue weighted by molar-refractivity contribution is -0.120.